The van der Waals surface area contributed by atoms with Crippen LogP contribution in [0.15, 0.2) is 109 Å². The van der Waals surface area contributed by atoms with Crippen molar-refractivity contribution in [2.45, 2.75) is 6.61 Å². The quantitative estimate of drug-likeness (QED) is 0.275. The minimum absolute atomic E-state index is 0.131. The number of benzene rings is 4. The fraction of sp³-hybridized carbons (Fsp3) is 0.0690. The number of methoxy groups -OCH3 is 1. The summed E-state index contributed by atoms with van der Waals surface area (Å²) in [4.78, 5) is 17.7. The van der Waals surface area contributed by atoms with E-state index in [9.17, 15) is 4.79 Å². The van der Waals surface area contributed by atoms with Gasteiger partial charge in [-0.05, 0) is 54.1 Å². The third-order valence-electron chi connectivity index (χ3n) is 5.52. The van der Waals surface area contributed by atoms with E-state index in [4.69, 9.17) is 9.47 Å². The number of nitrogens with zero attached hydrogens (tertiary/aromatic N) is 3. The Morgan fingerprint density at radius 3 is 2.06 bits per heavy atom. The monoisotopic (exact) mass is 461 g/mol. The van der Waals surface area contributed by atoms with Gasteiger partial charge in [0.25, 0.3) is 0 Å². The van der Waals surface area contributed by atoms with Gasteiger partial charge in [-0.2, -0.15) is 0 Å². The highest BCUT2D eigenvalue weighted by Gasteiger charge is 2.20. The molecule has 6 heteroatoms. The average molecular weight is 462 g/mol. The number of hydrogen-bond donors (Lipinski definition) is 0. The predicted molar refractivity (Wildman–Crippen MR) is 134 cm³/mol. The van der Waals surface area contributed by atoms with Crippen LogP contribution in [0.1, 0.15) is 21.7 Å². The van der Waals surface area contributed by atoms with Gasteiger partial charge in [0.05, 0.1) is 12.8 Å². The highest BCUT2D eigenvalue weighted by atomic mass is 16.5. The Bertz CT molecular complexity index is 1410. The maximum absolute atomic E-state index is 13.1. The molecule has 172 valence electrons. The molecule has 35 heavy (non-hydrogen) atoms. The molecule has 5 rings (SSSR count). The summed E-state index contributed by atoms with van der Waals surface area (Å²) in [7, 11) is 1.62. The van der Waals surface area contributed by atoms with Gasteiger partial charge >= 0.3 is 0 Å². The Morgan fingerprint density at radius 1 is 0.771 bits per heavy atom. The lowest BCUT2D eigenvalue weighted by Crippen LogP contribution is -2.05. The van der Waals surface area contributed by atoms with E-state index in [-0.39, 0.29) is 11.6 Å². The van der Waals surface area contributed by atoms with E-state index < -0.39 is 0 Å². The number of aromatic nitrogens is 3. The first kappa shape index (κ1) is 22.1. The van der Waals surface area contributed by atoms with Gasteiger partial charge in [0.15, 0.2) is 5.82 Å². The number of hydrogen-bond acceptors (Lipinski definition) is 5. The summed E-state index contributed by atoms with van der Waals surface area (Å²) in [5.74, 6) is 1.93. The first-order valence-corrected chi connectivity index (χ1v) is 11.2. The molecule has 0 amide bonds. The zero-order valence-electron chi connectivity index (χ0n) is 19.2. The summed E-state index contributed by atoms with van der Waals surface area (Å²) in [6.07, 6.45) is 0. The van der Waals surface area contributed by atoms with Crippen LogP contribution in [-0.2, 0) is 6.61 Å². The fourth-order valence-corrected chi connectivity index (χ4v) is 3.66. The summed E-state index contributed by atoms with van der Waals surface area (Å²) >= 11 is 0. The smallest absolute Gasteiger partial charge is 0.232 e. The Hall–Kier alpha value is -4.71. The highest BCUT2D eigenvalue weighted by molar-refractivity contribution is 6.06. The third-order valence-corrected chi connectivity index (χ3v) is 5.52. The van der Waals surface area contributed by atoms with Crippen molar-refractivity contribution in [1.29, 1.82) is 0 Å². The van der Waals surface area contributed by atoms with Crippen molar-refractivity contribution in [2.75, 3.05) is 7.11 Å². The Balaban J connectivity index is 1.47. The standard InChI is InChI=1S/C29H23N3O3/c1-34-25-18-14-24(15-19-25)32-29(30-28(31-32)27(33)22-10-6-3-7-11-22)23-12-16-26(17-13-23)35-20-21-8-4-2-5-9-21/h2-19H,20H2,1H3. The maximum atomic E-state index is 13.1. The molecule has 0 aliphatic carbocycles. The Kier molecular flexibility index (Phi) is 6.35. The van der Waals surface area contributed by atoms with E-state index in [0.29, 0.717) is 18.0 Å². The summed E-state index contributed by atoms with van der Waals surface area (Å²) in [5.41, 5.74) is 3.22. The zero-order valence-corrected chi connectivity index (χ0v) is 19.2. The molecule has 0 bridgehead atoms. The van der Waals surface area contributed by atoms with Crippen LogP contribution in [0.3, 0.4) is 0 Å². The number of ether oxygens (including phenoxy) is 2. The van der Waals surface area contributed by atoms with Crippen LogP contribution in [0, 0.1) is 0 Å². The molecule has 4 aromatic carbocycles. The summed E-state index contributed by atoms with van der Waals surface area (Å²) in [5, 5.41) is 4.57. The molecule has 0 radical (unpaired) electrons. The molecule has 5 aromatic rings. The first-order valence-electron chi connectivity index (χ1n) is 11.2. The lowest BCUT2D eigenvalue weighted by Gasteiger charge is -2.09. The van der Waals surface area contributed by atoms with Gasteiger partial charge in [-0.15, -0.1) is 5.10 Å². The molecule has 0 saturated heterocycles. The lowest BCUT2D eigenvalue weighted by molar-refractivity contribution is 0.102. The minimum Gasteiger partial charge on any atom is -0.497 e. The van der Waals surface area contributed by atoms with Gasteiger partial charge in [-0.1, -0.05) is 60.7 Å². The minimum atomic E-state index is -0.234. The normalized spacial score (nSPS) is 10.7. The van der Waals surface area contributed by atoms with E-state index in [1.807, 2.05) is 97.1 Å². The fourth-order valence-electron chi connectivity index (χ4n) is 3.66. The van der Waals surface area contributed by atoms with Crippen LogP contribution in [0.25, 0.3) is 17.1 Å². The molecule has 0 atom stereocenters. The number of ketones is 1. The largest absolute Gasteiger partial charge is 0.497 e. The molecule has 0 aliphatic heterocycles. The molecule has 0 saturated carbocycles. The second-order valence-electron chi connectivity index (χ2n) is 7.86. The summed E-state index contributed by atoms with van der Waals surface area (Å²) < 4.78 is 12.9. The summed E-state index contributed by atoms with van der Waals surface area (Å²) in [6.45, 7) is 0.484. The van der Waals surface area contributed by atoms with E-state index >= 15 is 0 Å². The van der Waals surface area contributed by atoms with E-state index in [1.165, 1.54) is 0 Å². The molecule has 1 aromatic heterocycles. The van der Waals surface area contributed by atoms with Gasteiger partial charge in [-0.3, -0.25) is 4.79 Å². The SMILES string of the molecule is COc1ccc(-n2nc(C(=O)c3ccccc3)nc2-c2ccc(OCc3ccccc3)cc2)cc1. The number of carbonyl (C=O) groups excluding carboxylic acids is 1. The average Bonchev–Trinajstić information content (AvgIpc) is 3.38. The van der Waals surface area contributed by atoms with Crippen molar-refractivity contribution in [3.63, 3.8) is 0 Å². The maximum Gasteiger partial charge on any atom is 0.232 e. The highest BCUT2D eigenvalue weighted by Crippen LogP contribution is 2.26. The van der Waals surface area contributed by atoms with Gasteiger partial charge in [0.2, 0.25) is 11.6 Å². The number of rotatable bonds is 8. The van der Waals surface area contributed by atoms with E-state index in [0.717, 1.165) is 28.3 Å². The van der Waals surface area contributed by atoms with Crippen LogP contribution in [0.5, 0.6) is 11.5 Å². The van der Waals surface area contributed by atoms with Crippen LogP contribution >= 0.6 is 0 Å². The molecule has 0 N–H and O–H groups in total. The van der Waals surface area contributed by atoms with E-state index in [1.54, 1.807) is 23.9 Å². The summed E-state index contributed by atoms with van der Waals surface area (Å²) in [6, 6.07) is 34.1. The van der Waals surface area contributed by atoms with Crippen LogP contribution < -0.4 is 9.47 Å². The van der Waals surface area contributed by atoms with E-state index in [2.05, 4.69) is 10.1 Å². The molecule has 0 fully saturated rings. The van der Waals surface area contributed by atoms with Gasteiger partial charge in [0.1, 0.15) is 18.1 Å². The van der Waals surface area contributed by atoms with Crippen molar-refractivity contribution in [3.8, 4) is 28.6 Å². The topological polar surface area (TPSA) is 66.2 Å². The molecule has 1 heterocycles. The predicted octanol–water partition coefficient (Wildman–Crippen LogP) is 5.75. The van der Waals surface area contributed by atoms with Crippen molar-refractivity contribution >= 4 is 5.78 Å². The van der Waals surface area contributed by atoms with Gasteiger partial charge in [-0.25, -0.2) is 9.67 Å². The molecule has 6 nitrogen and oxygen atoms in total. The molecule has 0 spiro atoms. The molecular formula is C29H23N3O3. The van der Waals surface area contributed by atoms with Gasteiger partial charge < -0.3 is 9.47 Å². The third kappa shape index (κ3) is 4.96. The van der Waals surface area contributed by atoms with Gasteiger partial charge in [0, 0.05) is 11.1 Å². The van der Waals surface area contributed by atoms with Crippen molar-refractivity contribution < 1.29 is 14.3 Å². The van der Waals surface area contributed by atoms with Crippen LogP contribution in [0.2, 0.25) is 0 Å². The van der Waals surface area contributed by atoms with Crippen molar-refractivity contribution in [2.24, 2.45) is 0 Å². The number of carbonyl (C=O) groups is 1. The second kappa shape index (κ2) is 10.1. The van der Waals surface area contributed by atoms with Crippen molar-refractivity contribution in [1.82, 2.24) is 14.8 Å². The van der Waals surface area contributed by atoms with Crippen LogP contribution in [-0.4, -0.2) is 27.7 Å². The first-order chi connectivity index (χ1) is 17.2. The molecule has 0 aliphatic rings. The van der Waals surface area contributed by atoms with Crippen LogP contribution in [0.4, 0.5) is 0 Å². The van der Waals surface area contributed by atoms with Crippen molar-refractivity contribution in [3.05, 3.63) is 126 Å². The zero-order chi connectivity index (χ0) is 24.0. The Morgan fingerprint density at radius 2 is 1.40 bits per heavy atom. The lowest BCUT2D eigenvalue weighted by atomic mass is 10.1. The Labute approximate surface area is 203 Å². The molecule has 0 unspecified atom stereocenters. The second-order valence-corrected chi connectivity index (χ2v) is 7.86. The molecular weight excluding hydrogens is 438 g/mol.